The number of ketones is 2. The molecule has 0 aliphatic rings. The first-order valence-electron chi connectivity index (χ1n) is 7.89. The first kappa shape index (κ1) is 17.2. The van der Waals surface area contributed by atoms with E-state index >= 15 is 0 Å². The van der Waals surface area contributed by atoms with E-state index in [1.807, 2.05) is 0 Å². The minimum Gasteiger partial charge on any atom is -0.465 e. The van der Waals surface area contributed by atoms with Crippen molar-refractivity contribution in [1.82, 2.24) is 4.98 Å². The maximum atomic E-state index is 12.9. The zero-order chi connectivity index (χ0) is 18.5. The molecule has 0 atom stereocenters. The van der Waals surface area contributed by atoms with Crippen LogP contribution >= 0.6 is 0 Å². The lowest BCUT2D eigenvalue weighted by atomic mass is 9.97. The Balaban J connectivity index is 2.09. The number of carbonyl (C=O) groups is 3. The average Bonchev–Trinajstić information content (AvgIpc) is 2.73. The summed E-state index contributed by atoms with van der Waals surface area (Å²) >= 11 is 0. The lowest BCUT2D eigenvalue weighted by molar-refractivity contribution is 0.0596. The van der Waals surface area contributed by atoms with Crippen molar-refractivity contribution < 1.29 is 19.1 Å². The minimum absolute atomic E-state index is 0.0194. The molecule has 0 N–H and O–H groups in total. The second-order valence-electron chi connectivity index (χ2n) is 5.50. The molecule has 0 aliphatic heterocycles. The van der Waals surface area contributed by atoms with Crippen molar-refractivity contribution in [3.8, 4) is 0 Å². The van der Waals surface area contributed by atoms with Crippen molar-refractivity contribution in [2.75, 3.05) is 7.11 Å². The number of rotatable bonds is 5. The SMILES string of the molecule is COC(=O)c1cnc(C(=O)c2ccccc2)cc1C(=O)c1ccccc1. The summed E-state index contributed by atoms with van der Waals surface area (Å²) in [7, 11) is 1.22. The third-order valence-electron chi connectivity index (χ3n) is 3.86. The van der Waals surface area contributed by atoms with E-state index in [2.05, 4.69) is 4.98 Å². The highest BCUT2D eigenvalue weighted by molar-refractivity contribution is 6.16. The molecule has 1 aromatic heterocycles. The molecule has 0 spiro atoms. The summed E-state index contributed by atoms with van der Waals surface area (Å²) < 4.78 is 4.73. The standard InChI is InChI=1S/C21H15NO4/c1-26-21(25)17-13-22-18(20(24)15-10-6-3-7-11-15)12-16(17)19(23)14-8-4-2-5-9-14/h2-13H,1H3. The lowest BCUT2D eigenvalue weighted by Crippen LogP contribution is -2.15. The molecule has 2 aromatic carbocycles. The van der Waals surface area contributed by atoms with E-state index in [4.69, 9.17) is 4.74 Å². The summed E-state index contributed by atoms with van der Waals surface area (Å²) in [5, 5.41) is 0. The number of esters is 1. The number of pyridine rings is 1. The van der Waals surface area contributed by atoms with Gasteiger partial charge in [-0.05, 0) is 6.07 Å². The third-order valence-corrected chi connectivity index (χ3v) is 3.86. The maximum Gasteiger partial charge on any atom is 0.340 e. The molecule has 1 heterocycles. The van der Waals surface area contributed by atoms with Crippen molar-refractivity contribution >= 4 is 17.5 Å². The summed E-state index contributed by atoms with van der Waals surface area (Å²) in [5.74, 6) is -1.39. The zero-order valence-corrected chi connectivity index (χ0v) is 14.0. The molecule has 0 aliphatic carbocycles. The Bertz CT molecular complexity index is 966. The molecule has 3 rings (SSSR count). The van der Waals surface area contributed by atoms with Crippen LogP contribution in [-0.2, 0) is 4.74 Å². The van der Waals surface area contributed by atoms with Gasteiger partial charge < -0.3 is 4.74 Å². The number of hydrogen-bond donors (Lipinski definition) is 0. The number of aromatic nitrogens is 1. The smallest absolute Gasteiger partial charge is 0.340 e. The number of methoxy groups -OCH3 is 1. The van der Waals surface area contributed by atoms with Gasteiger partial charge in [0.2, 0.25) is 5.78 Å². The zero-order valence-electron chi connectivity index (χ0n) is 14.0. The topological polar surface area (TPSA) is 73.3 Å². The van der Waals surface area contributed by atoms with Crippen LogP contribution in [0.1, 0.15) is 42.3 Å². The molecule has 0 saturated heterocycles. The third kappa shape index (κ3) is 3.42. The summed E-state index contributed by atoms with van der Waals surface area (Å²) in [4.78, 5) is 41.6. The van der Waals surface area contributed by atoms with E-state index in [1.165, 1.54) is 19.4 Å². The van der Waals surface area contributed by atoms with Gasteiger partial charge in [-0.3, -0.25) is 14.6 Å². The van der Waals surface area contributed by atoms with Gasteiger partial charge in [-0.1, -0.05) is 60.7 Å². The number of ether oxygens (including phenoxy) is 1. The normalized spacial score (nSPS) is 10.2. The van der Waals surface area contributed by atoms with E-state index < -0.39 is 5.97 Å². The highest BCUT2D eigenvalue weighted by Crippen LogP contribution is 2.18. The molecule has 0 amide bonds. The van der Waals surface area contributed by atoms with Crippen molar-refractivity contribution in [3.05, 3.63) is 101 Å². The Hall–Kier alpha value is -3.60. The number of nitrogens with zero attached hydrogens (tertiary/aromatic N) is 1. The second kappa shape index (κ2) is 7.53. The molecule has 3 aromatic rings. The molecule has 0 radical (unpaired) electrons. The van der Waals surface area contributed by atoms with Crippen LogP contribution < -0.4 is 0 Å². The Morgan fingerprint density at radius 2 is 1.31 bits per heavy atom. The number of benzene rings is 2. The molecular weight excluding hydrogens is 330 g/mol. The predicted octanol–water partition coefficient (Wildman–Crippen LogP) is 3.33. The fraction of sp³-hybridized carbons (Fsp3) is 0.0476. The van der Waals surface area contributed by atoms with Crippen LogP contribution in [-0.4, -0.2) is 29.6 Å². The maximum absolute atomic E-state index is 12.9. The molecule has 128 valence electrons. The highest BCUT2D eigenvalue weighted by atomic mass is 16.5. The van der Waals surface area contributed by atoms with Crippen LogP contribution in [0.2, 0.25) is 0 Å². The quantitative estimate of drug-likeness (QED) is 0.524. The average molecular weight is 345 g/mol. The van der Waals surface area contributed by atoms with Gasteiger partial charge in [0.05, 0.1) is 12.7 Å². The molecule has 0 fully saturated rings. The molecule has 0 bridgehead atoms. The van der Waals surface area contributed by atoms with Crippen LogP contribution in [0, 0.1) is 0 Å². The van der Waals surface area contributed by atoms with Gasteiger partial charge in [0.25, 0.3) is 0 Å². The van der Waals surface area contributed by atoms with Crippen LogP contribution in [0.15, 0.2) is 72.9 Å². The molecule has 5 heteroatoms. The second-order valence-corrected chi connectivity index (χ2v) is 5.50. The van der Waals surface area contributed by atoms with Gasteiger partial charge in [0.1, 0.15) is 5.69 Å². The van der Waals surface area contributed by atoms with Gasteiger partial charge in [0, 0.05) is 22.9 Å². The fourth-order valence-electron chi connectivity index (χ4n) is 2.52. The Labute approximate surface area is 150 Å². The summed E-state index contributed by atoms with van der Waals surface area (Å²) in [6.07, 6.45) is 1.21. The fourth-order valence-corrected chi connectivity index (χ4v) is 2.52. The van der Waals surface area contributed by atoms with Gasteiger partial charge in [0.15, 0.2) is 5.78 Å². The first-order chi connectivity index (χ1) is 12.6. The van der Waals surface area contributed by atoms with E-state index in [-0.39, 0.29) is 28.4 Å². The molecule has 0 unspecified atom stereocenters. The lowest BCUT2D eigenvalue weighted by Gasteiger charge is -2.09. The largest absolute Gasteiger partial charge is 0.465 e. The first-order valence-corrected chi connectivity index (χ1v) is 7.89. The monoisotopic (exact) mass is 345 g/mol. The van der Waals surface area contributed by atoms with E-state index in [0.29, 0.717) is 11.1 Å². The van der Waals surface area contributed by atoms with Crippen LogP contribution in [0.5, 0.6) is 0 Å². The van der Waals surface area contributed by atoms with Gasteiger partial charge in [-0.15, -0.1) is 0 Å². The van der Waals surface area contributed by atoms with E-state index in [0.717, 1.165) is 0 Å². The summed E-state index contributed by atoms with van der Waals surface area (Å²) in [5.41, 5.74) is 1.04. The van der Waals surface area contributed by atoms with Gasteiger partial charge in [-0.2, -0.15) is 0 Å². The minimum atomic E-state index is -0.685. The van der Waals surface area contributed by atoms with E-state index in [9.17, 15) is 14.4 Å². The Morgan fingerprint density at radius 3 is 1.85 bits per heavy atom. The Morgan fingerprint density at radius 1 is 0.769 bits per heavy atom. The van der Waals surface area contributed by atoms with Crippen LogP contribution in [0.25, 0.3) is 0 Å². The molecule has 5 nitrogen and oxygen atoms in total. The van der Waals surface area contributed by atoms with Crippen LogP contribution in [0.4, 0.5) is 0 Å². The van der Waals surface area contributed by atoms with Gasteiger partial charge >= 0.3 is 5.97 Å². The summed E-state index contributed by atoms with van der Waals surface area (Å²) in [6, 6.07) is 18.5. The molecular formula is C21H15NO4. The van der Waals surface area contributed by atoms with Crippen molar-refractivity contribution in [2.24, 2.45) is 0 Å². The predicted molar refractivity (Wildman–Crippen MR) is 95.3 cm³/mol. The Kier molecular flexibility index (Phi) is 4.99. The van der Waals surface area contributed by atoms with Crippen LogP contribution in [0.3, 0.4) is 0 Å². The highest BCUT2D eigenvalue weighted by Gasteiger charge is 2.22. The van der Waals surface area contributed by atoms with Crippen molar-refractivity contribution in [3.63, 3.8) is 0 Å². The summed E-state index contributed by atoms with van der Waals surface area (Å²) in [6.45, 7) is 0. The van der Waals surface area contributed by atoms with Gasteiger partial charge in [-0.25, -0.2) is 4.79 Å². The number of hydrogen-bond acceptors (Lipinski definition) is 5. The van der Waals surface area contributed by atoms with E-state index in [1.54, 1.807) is 60.7 Å². The van der Waals surface area contributed by atoms with Crippen molar-refractivity contribution in [1.29, 1.82) is 0 Å². The molecule has 0 saturated carbocycles. The van der Waals surface area contributed by atoms with Crippen molar-refractivity contribution in [2.45, 2.75) is 0 Å². The number of carbonyl (C=O) groups excluding carboxylic acids is 3. The molecule has 26 heavy (non-hydrogen) atoms.